The van der Waals surface area contributed by atoms with Gasteiger partial charge >= 0.3 is 0 Å². The summed E-state index contributed by atoms with van der Waals surface area (Å²) in [5, 5.41) is 0. The lowest BCUT2D eigenvalue weighted by atomic mass is 10.1. The van der Waals surface area contributed by atoms with Gasteiger partial charge in [-0.3, -0.25) is 14.5 Å². The SMILES string of the molecule is COc1ccc(CN2CCN(C(=O)CCCOc3ccc(C(C)=O)cc3)CC2)cc1F. The number of carbonyl (C=O) groups is 2. The zero-order chi connectivity index (χ0) is 22.2. The van der Waals surface area contributed by atoms with Gasteiger partial charge in [0.05, 0.1) is 13.7 Å². The van der Waals surface area contributed by atoms with E-state index in [2.05, 4.69) is 4.90 Å². The lowest BCUT2D eigenvalue weighted by Gasteiger charge is -2.34. The summed E-state index contributed by atoms with van der Waals surface area (Å²) in [4.78, 5) is 27.8. The zero-order valence-electron chi connectivity index (χ0n) is 18.1. The van der Waals surface area contributed by atoms with Crippen LogP contribution in [0.3, 0.4) is 0 Å². The molecule has 2 aromatic carbocycles. The van der Waals surface area contributed by atoms with E-state index < -0.39 is 0 Å². The molecule has 1 amide bonds. The maximum atomic E-state index is 13.9. The molecule has 0 saturated carbocycles. The summed E-state index contributed by atoms with van der Waals surface area (Å²) in [7, 11) is 1.45. The molecule has 0 radical (unpaired) electrons. The lowest BCUT2D eigenvalue weighted by Crippen LogP contribution is -2.48. The second-order valence-electron chi connectivity index (χ2n) is 7.66. The molecular formula is C24H29FN2O4. The van der Waals surface area contributed by atoms with Crippen molar-refractivity contribution in [2.24, 2.45) is 0 Å². The molecule has 7 heteroatoms. The highest BCUT2D eigenvalue weighted by molar-refractivity contribution is 5.94. The Kier molecular flexibility index (Phi) is 8.00. The quantitative estimate of drug-likeness (QED) is 0.452. The number of benzene rings is 2. The fourth-order valence-corrected chi connectivity index (χ4v) is 3.58. The Balaban J connectivity index is 1.35. The fraction of sp³-hybridized carbons (Fsp3) is 0.417. The highest BCUT2D eigenvalue weighted by atomic mass is 19.1. The fourth-order valence-electron chi connectivity index (χ4n) is 3.58. The third-order valence-electron chi connectivity index (χ3n) is 5.41. The van der Waals surface area contributed by atoms with E-state index in [-0.39, 0.29) is 23.3 Å². The van der Waals surface area contributed by atoms with Crippen LogP contribution in [0.1, 0.15) is 35.7 Å². The first kappa shape index (κ1) is 22.7. The van der Waals surface area contributed by atoms with E-state index in [4.69, 9.17) is 9.47 Å². The molecule has 6 nitrogen and oxygen atoms in total. The number of hydrogen-bond acceptors (Lipinski definition) is 5. The molecule has 0 aliphatic carbocycles. The first-order valence-electron chi connectivity index (χ1n) is 10.5. The normalized spacial score (nSPS) is 14.4. The number of hydrogen-bond donors (Lipinski definition) is 0. The Morgan fingerprint density at radius 2 is 1.74 bits per heavy atom. The summed E-state index contributed by atoms with van der Waals surface area (Å²) in [6.07, 6.45) is 1.08. The number of methoxy groups -OCH3 is 1. The number of nitrogens with zero attached hydrogens (tertiary/aromatic N) is 2. The van der Waals surface area contributed by atoms with Gasteiger partial charge < -0.3 is 14.4 Å². The molecule has 0 bridgehead atoms. The Hall–Kier alpha value is -2.93. The van der Waals surface area contributed by atoms with Crippen LogP contribution < -0.4 is 9.47 Å². The van der Waals surface area contributed by atoms with Gasteiger partial charge in [0.2, 0.25) is 5.91 Å². The summed E-state index contributed by atoms with van der Waals surface area (Å²) in [5.74, 6) is 0.738. The van der Waals surface area contributed by atoms with E-state index >= 15 is 0 Å². The molecule has 1 aliphatic heterocycles. The topological polar surface area (TPSA) is 59.1 Å². The highest BCUT2D eigenvalue weighted by Crippen LogP contribution is 2.19. The number of halogens is 1. The van der Waals surface area contributed by atoms with Crippen LogP contribution in [0.2, 0.25) is 0 Å². The van der Waals surface area contributed by atoms with Crippen molar-refractivity contribution in [2.75, 3.05) is 39.9 Å². The van der Waals surface area contributed by atoms with Gasteiger partial charge in [-0.25, -0.2) is 4.39 Å². The lowest BCUT2D eigenvalue weighted by molar-refractivity contribution is -0.133. The molecule has 166 valence electrons. The van der Waals surface area contributed by atoms with Crippen molar-refractivity contribution in [3.05, 3.63) is 59.4 Å². The number of carbonyl (C=O) groups excluding carboxylic acids is 2. The molecule has 0 spiro atoms. The molecule has 0 atom stereocenters. The molecular weight excluding hydrogens is 399 g/mol. The van der Waals surface area contributed by atoms with Crippen LogP contribution >= 0.6 is 0 Å². The maximum Gasteiger partial charge on any atom is 0.222 e. The molecule has 1 aliphatic rings. The van der Waals surface area contributed by atoms with Crippen LogP contribution in [0.4, 0.5) is 4.39 Å². The minimum Gasteiger partial charge on any atom is -0.494 e. The average molecular weight is 429 g/mol. The summed E-state index contributed by atoms with van der Waals surface area (Å²) in [5.41, 5.74) is 1.55. The monoisotopic (exact) mass is 428 g/mol. The molecule has 0 unspecified atom stereocenters. The number of rotatable bonds is 9. The van der Waals surface area contributed by atoms with E-state index in [0.29, 0.717) is 50.4 Å². The van der Waals surface area contributed by atoms with Crippen LogP contribution in [0, 0.1) is 5.82 Å². The van der Waals surface area contributed by atoms with E-state index in [1.165, 1.54) is 20.1 Å². The minimum absolute atomic E-state index is 0.0217. The summed E-state index contributed by atoms with van der Waals surface area (Å²) >= 11 is 0. The maximum absolute atomic E-state index is 13.9. The van der Waals surface area contributed by atoms with Gasteiger partial charge in [0.25, 0.3) is 0 Å². The van der Waals surface area contributed by atoms with Crippen molar-refractivity contribution in [2.45, 2.75) is 26.3 Å². The van der Waals surface area contributed by atoms with Crippen molar-refractivity contribution in [1.29, 1.82) is 0 Å². The van der Waals surface area contributed by atoms with Crippen LogP contribution in [-0.2, 0) is 11.3 Å². The molecule has 0 aromatic heterocycles. The van der Waals surface area contributed by atoms with Crippen LogP contribution in [0.25, 0.3) is 0 Å². The van der Waals surface area contributed by atoms with Crippen LogP contribution in [-0.4, -0.2) is 61.4 Å². The molecule has 2 aromatic rings. The van der Waals surface area contributed by atoms with E-state index in [9.17, 15) is 14.0 Å². The Bertz CT molecular complexity index is 893. The number of ether oxygens (including phenoxy) is 2. The second-order valence-corrected chi connectivity index (χ2v) is 7.66. The standard InChI is InChI=1S/C24H29FN2O4/c1-18(28)20-6-8-21(9-7-20)31-15-3-4-24(29)27-13-11-26(12-14-27)17-19-5-10-23(30-2)22(25)16-19/h5-10,16H,3-4,11-15,17H2,1-2H3. The highest BCUT2D eigenvalue weighted by Gasteiger charge is 2.21. The third-order valence-corrected chi connectivity index (χ3v) is 5.41. The van der Waals surface area contributed by atoms with Gasteiger partial charge in [0.15, 0.2) is 17.3 Å². The van der Waals surface area contributed by atoms with Crippen molar-refractivity contribution < 1.29 is 23.5 Å². The van der Waals surface area contributed by atoms with Gasteiger partial charge in [-0.15, -0.1) is 0 Å². The van der Waals surface area contributed by atoms with Gasteiger partial charge in [0.1, 0.15) is 5.75 Å². The van der Waals surface area contributed by atoms with Crippen LogP contribution in [0.5, 0.6) is 11.5 Å². The largest absolute Gasteiger partial charge is 0.494 e. The number of piperazine rings is 1. The van der Waals surface area contributed by atoms with Crippen molar-refractivity contribution in [3.8, 4) is 11.5 Å². The Labute approximate surface area is 182 Å². The predicted molar refractivity (Wildman–Crippen MR) is 116 cm³/mol. The van der Waals surface area contributed by atoms with Crippen LogP contribution in [0.15, 0.2) is 42.5 Å². The van der Waals surface area contributed by atoms with E-state index in [1.807, 2.05) is 11.0 Å². The predicted octanol–water partition coefficient (Wildman–Crippen LogP) is 3.54. The Morgan fingerprint density at radius 3 is 2.35 bits per heavy atom. The second kappa shape index (κ2) is 10.9. The molecule has 1 fully saturated rings. The number of Topliss-reactive ketones (excluding diaryl/α,β-unsaturated/α-hetero) is 1. The van der Waals surface area contributed by atoms with Crippen molar-refractivity contribution >= 4 is 11.7 Å². The van der Waals surface area contributed by atoms with Crippen molar-refractivity contribution in [3.63, 3.8) is 0 Å². The smallest absolute Gasteiger partial charge is 0.222 e. The van der Waals surface area contributed by atoms with E-state index in [1.54, 1.807) is 30.3 Å². The van der Waals surface area contributed by atoms with E-state index in [0.717, 1.165) is 18.7 Å². The minimum atomic E-state index is -0.356. The van der Waals surface area contributed by atoms with Gasteiger partial charge in [0, 0.05) is 44.7 Å². The average Bonchev–Trinajstić information content (AvgIpc) is 2.77. The number of ketones is 1. The summed E-state index contributed by atoms with van der Waals surface area (Å²) in [6.45, 7) is 5.50. The molecule has 1 saturated heterocycles. The summed E-state index contributed by atoms with van der Waals surface area (Å²) in [6, 6.07) is 12.0. The van der Waals surface area contributed by atoms with Gasteiger partial charge in [-0.2, -0.15) is 0 Å². The number of amides is 1. The molecule has 3 rings (SSSR count). The summed E-state index contributed by atoms with van der Waals surface area (Å²) < 4.78 is 24.5. The molecule has 1 heterocycles. The first-order chi connectivity index (χ1) is 15.0. The van der Waals surface area contributed by atoms with Gasteiger partial charge in [-0.1, -0.05) is 6.07 Å². The zero-order valence-corrected chi connectivity index (χ0v) is 18.1. The van der Waals surface area contributed by atoms with Crippen molar-refractivity contribution in [1.82, 2.24) is 9.80 Å². The first-order valence-corrected chi connectivity index (χ1v) is 10.5. The van der Waals surface area contributed by atoms with Gasteiger partial charge in [-0.05, 0) is 55.3 Å². The molecule has 0 N–H and O–H groups in total. The third kappa shape index (κ3) is 6.52. The molecule has 31 heavy (non-hydrogen) atoms. The Morgan fingerprint density at radius 1 is 1.03 bits per heavy atom.